The van der Waals surface area contributed by atoms with Crippen LogP contribution in [0.15, 0.2) is 0 Å². The van der Waals surface area contributed by atoms with E-state index < -0.39 is 7.72 Å². The van der Waals surface area contributed by atoms with Gasteiger partial charge in [0.2, 0.25) is 0 Å². The predicted octanol–water partition coefficient (Wildman–Crippen LogP) is 8.41. The number of hydrogen-bond acceptors (Lipinski definition) is 2. The normalized spacial score (nSPS) is 12.5. The van der Waals surface area contributed by atoms with Crippen molar-refractivity contribution in [1.82, 2.24) is 0 Å². The largest absolute Gasteiger partial charge is 0.275 e. The van der Waals surface area contributed by atoms with E-state index in [0.717, 1.165) is 12.3 Å². The van der Waals surface area contributed by atoms with Crippen LogP contribution in [0, 0.1) is 0 Å². The fraction of sp³-hybridized carbons (Fsp3) is 1.00. The second-order valence-corrected chi connectivity index (χ2v) is 11.1. The summed E-state index contributed by atoms with van der Waals surface area (Å²) in [6.07, 6.45) is 19.0. The van der Waals surface area contributed by atoms with Gasteiger partial charge in [-0.05, 0) is 53.4 Å². The minimum atomic E-state index is -1.72. The monoisotopic (exact) mass is 375 g/mol. The zero-order chi connectivity index (χ0) is 19.0. The number of hydrogen-bond donors (Lipinski definition) is 0. The molecule has 3 heteroatoms. The highest BCUT2D eigenvalue weighted by atomic mass is 31.2. The van der Waals surface area contributed by atoms with Gasteiger partial charge in [-0.3, -0.25) is 0 Å². The van der Waals surface area contributed by atoms with Gasteiger partial charge in [-0.2, -0.15) is 0 Å². The summed E-state index contributed by atoms with van der Waals surface area (Å²) in [5, 5.41) is 0. The Morgan fingerprint density at radius 2 is 0.840 bits per heavy atom. The second-order valence-electron chi connectivity index (χ2n) is 8.11. The Balaban J connectivity index is 4.47. The van der Waals surface area contributed by atoms with Gasteiger partial charge >= 0.3 is 0 Å². The van der Waals surface area contributed by atoms with Crippen molar-refractivity contribution in [2.24, 2.45) is 0 Å². The predicted molar refractivity (Wildman–Crippen MR) is 116 cm³/mol. The molecule has 152 valence electrons. The quantitative estimate of drug-likeness (QED) is 0.177. The molecule has 0 rings (SSSR count). The topological polar surface area (TPSA) is 18.5 Å². The average molecular weight is 376 g/mol. The summed E-state index contributed by atoms with van der Waals surface area (Å²) >= 11 is 0. The number of rotatable bonds is 18. The first-order valence-electron chi connectivity index (χ1n) is 11.2. The highest BCUT2D eigenvalue weighted by Gasteiger charge is 2.43. The maximum Gasteiger partial charge on any atom is 0.275 e. The molecule has 25 heavy (non-hydrogen) atoms. The van der Waals surface area contributed by atoms with Crippen molar-refractivity contribution >= 4 is 7.72 Å². The van der Waals surface area contributed by atoms with E-state index in [0.29, 0.717) is 0 Å². The highest BCUT2D eigenvalue weighted by molar-refractivity contribution is 7.66. The van der Waals surface area contributed by atoms with Gasteiger partial charge in [0.05, 0.1) is 12.2 Å². The van der Waals surface area contributed by atoms with E-state index >= 15 is 0 Å². The Morgan fingerprint density at radius 1 is 0.520 bits per heavy atom. The van der Waals surface area contributed by atoms with Gasteiger partial charge in [0, 0.05) is 0 Å². The molecule has 0 saturated heterocycles. The molecular formula is C22H48O2P+. The summed E-state index contributed by atoms with van der Waals surface area (Å²) in [4.78, 5) is 0. The highest BCUT2D eigenvalue weighted by Crippen LogP contribution is 2.63. The molecule has 0 aliphatic heterocycles. The summed E-state index contributed by atoms with van der Waals surface area (Å²) in [6, 6.07) is 0. The first-order chi connectivity index (χ1) is 12.0. The van der Waals surface area contributed by atoms with Crippen LogP contribution in [0.1, 0.15) is 119 Å². The molecule has 0 saturated carbocycles. The third-order valence-electron chi connectivity index (χ3n) is 4.51. The van der Waals surface area contributed by atoms with Crippen LogP contribution in [0.4, 0.5) is 0 Å². The Morgan fingerprint density at radius 3 is 1.16 bits per heavy atom. The molecule has 0 amide bonds. The zero-order valence-corrected chi connectivity index (χ0v) is 19.2. The fourth-order valence-electron chi connectivity index (χ4n) is 3.38. The van der Waals surface area contributed by atoms with Crippen LogP contribution in [-0.4, -0.2) is 24.5 Å². The lowest BCUT2D eigenvalue weighted by atomic mass is 10.1. The Kier molecular flexibility index (Phi) is 16.7. The minimum absolute atomic E-state index is 0.271. The average Bonchev–Trinajstić information content (AvgIpc) is 2.53. The van der Waals surface area contributed by atoms with Crippen molar-refractivity contribution in [1.29, 1.82) is 0 Å². The van der Waals surface area contributed by atoms with Gasteiger partial charge in [-0.25, -0.2) is 9.05 Å². The van der Waals surface area contributed by atoms with E-state index in [-0.39, 0.29) is 12.2 Å². The van der Waals surface area contributed by atoms with E-state index in [4.69, 9.17) is 9.05 Å². The summed E-state index contributed by atoms with van der Waals surface area (Å²) < 4.78 is 13.0. The molecule has 0 aromatic heterocycles. The van der Waals surface area contributed by atoms with E-state index in [1.54, 1.807) is 0 Å². The molecule has 0 bridgehead atoms. The van der Waals surface area contributed by atoms with Crippen LogP contribution in [0.5, 0.6) is 0 Å². The van der Waals surface area contributed by atoms with Crippen LogP contribution >= 0.6 is 7.72 Å². The molecule has 0 fully saturated rings. The third kappa shape index (κ3) is 15.1. The lowest BCUT2D eigenvalue weighted by molar-refractivity contribution is 0.159. The Bertz CT molecular complexity index is 251. The van der Waals surface area contributed by atoms with Crippen molar-refractivity contribution in [3.63, 3.8) is 0 Å². The van der Waals surface area contributed by atoms with Crippen molar-refractivity contribution in [3.8, 4) is 0 Å². The van der Waals surface area contributed by atoms with Gasteiger partial charge in [-0.15, -0.1) is 0 Å². The second kappa shape index (κ2) is 16.5. The van der Waals surface area contributed by atoms with Gasteiger partial charge in [0.15, 0.2) is 0 Å². The fourth-order valence-corrected chi connectivity index (χ4v) is 7.02. The lowest BCUT2D eigenvalue weighted by Crippen LogP contribution is -2.18. The maximum atomic E-state index is 6.49. The molecule has 0 aromatic rings. The lowest BCUT2D eigenvalue weighted by Gasteiger charge is -2.28. The molecule has 0 atom stereocenters. The summed E-state index contributed by atoms with van der Waals surface area (Å²) in [5.74, 6) is 0. The molecule has 0 radical (unpaired) electrons. The first-order valence-corrected chi connectivity index (χ1v) is 13.2. The Hall–Kier alpha value is 0.350. The smallest absolute Gasteiger partial charge is 0.204 e. The van der Waals surface area contributed by atoms with Crippen molar-refractivity contribution < 1.29 is 9.05 Å². The van der Waals surface area contributed by atoms with E-state index in [9.17, 15) is 0 Å². The number of unbranched alkanes of at least 4 members (excludes halogenated alkanes) is 10. The van der Waals surface area contributed by atoms with E-state index in [1.165, 1.54) is 77.0 Å². The van der Waals surface area contributed by atoms with Gasteiger partial charge < -0.3 is 0 Å². The molecular weight excluding hydrogens is 327 g/mol. The van der Waals surface area contributed by atoms with Crippen molar-refractivity contribution in [2.45, 2.75) is 131 Å². The van der Waals surface area contributed by atoms with Crippen LogP contribution in [0.2, 0.25) is 0 Å². The molecule has 0 N–H and O–H groups in total. The molecule has 0 heterocycles. The minimum Gasteiger partial charge on any atom is -0.204 e. The first kappa shape index (κ1) is 25.4. The summed E-state index contributed by atoms with van der Waals surface area (Å²) in [7, 11) is -1.72. The molecule has 0 aromatic carbocycles. The summed E-state index contributed by atoms with van der Waals surface area (Å²) in [5.41, 5.74) is 0. The molecule has 2 nitrogen and oxygen atoms in total. The van der Waals surface area contributed by atoms with Crippen molar-refractivity contribution in [2.75, 3.05) is 12.3 Å². The van der Waals surface area contributed by atoms with E-state index in [2.05, 4.69) is 41.5 Å². The standard InChI is InChI=1S/C22H48O2P/c1-7-9-11-13-15-17-19-25(23-21(3)4,24-22(5)6)20-18-16-14-12-10-8-2/h21-22H,7-20H2,1-6H3/q+1. The van der Waals surface area contributed by atoms with Crippen molar-refractivity contribution in [3.05, 3.63) is 0 Å². The zero-order valence-electron chi connectivity index (χ0n) is 18.3. The Labute approximate surface area is 160 Å². The van der Waals surface area contributed by atoms with Gasteiger partial charge in [0.1, 0.15) is 12.3 Å². The van der Waals surface area contributed by atoms with Crippen LogP contribution in [0.3, 0.4) is 0 Å². The molecule has 0 aliphatic carbocycles. The van der Waals surface area contributed by atoms with Crippen LogP contribution < -0.4 is 0 Å². The van der Waals surface area contributed by atoms with Gasteiger partial charge in [-0.1, -0.05) is 65.2 Å². The van der Waals surface area contributed by atoms with Gasteiger partial charge in [0.25, 0.3) is 7.72 Å². The summed E-state index contributed by atoms with van der Waals surface area (Å²) in [6.45, 7) is 13.2. The molecule has 0 unspecified atom stereocenters. The SMILES string of the molecule is CCCCCCCC[P+](CCCCCCCC)(OC(C)C)OC(C)C. The van der Waals surface area contributed by atoms with Crippen LogP contribution in [0.25, 0.3) is 0 Å². The van der Waals surface area contributed by atoms with Crippen LogP contribution in [-0.2, 0) is 9.05 Å². The third-order valence-corrected chi connectivity index (χ3v) is 8.12. The molecule has 0 spiro atoms. The maximum absolute atomic E-state index is 6.49. The van der Waals surface area contributed by atoms with E-state index in [1.807, 2.05) is 0 Å². The molecule has 0 aliphatic rings.